The molecule has 0 aliphatic rings. The molecule has 0 atom stereocenters. The molecule has 0 amide bonds. The minimum atomic E-state index is -0.394. The van der Waals surface area contributed by atoms with Crippen LogP contribution >= 0.6 is 11.3 Å². The smallest absolute Gasteiger partial charge is 0.148 e. The summed E-state index contributed by atoms with van der Waals surface area (Å²) in [7, 11) is 0. The zero-order valence-corrected chi connectivity index (χ0v) is 9.07. The summed E-state index contributed by atoms with van der Waals surface area (Å²) in [5.74, 6) is -0.394. The highest BCUT2D eigenvalue weighted by molar-refractivity contribution is 7.14. The summed E-state index contributed by atoms with van der Waals surface area (Å²) in [4.78, 5) is 0. The van der Waals surface area contributed by atoms with Crippen molar-refractivity contribution in [2.24, 2.45) is 0 Å². The summed E-state index contributed by atoms with van der Waals surface area (Å²) in [5.41, 5.74) is 7.51. The van der Waals surface area contributed by atoms with Crippen molar-refractivity contribution in [2.45, 2.75) is 6.92 Å². The third-order valence-corrected chi connectivity index (χ3v) is 3.10. The van der Waals surface area contributed by atoms with Crippen LogP contribution in [0, 0.1) is 12.7 Å². The number of anilines is 3. The van der Waals surface area contributed by atoms with Gasteiger partial charge in [0.05, 0.1) is 16.4 Å². The number of thiophene rings is 1. The number of aryl methyl sites for hydroxylation is 1. The third-order valence-electron chi connectivity index (χ3n) is 2.16. The Bertz CT molecular complexity index is 479. The Labute approximate surface area is 91.5 Å². The molecule has 4 heteroatoms. The van der Waals surface area contributed by atoms with Crippen molar-refractivity contribution in [1.82, 2.24) is 0 Å². The first-order valence-corrected chi connectivity index (χ1v) is 5.41. The number of rotatable bonds is 2. The van der Waals surface area contributed by atoms with E-state index in [9.17, 15) is 4.39 Å². The summed E-state index contributed by atoms with van der Waals surface area (Å²) < 4.78 is 13.1. The Balaban J connectivity index is 2.33. The van der Waals surface area contributed by atoms with Gasteiger partial charge in [-0.2, -0.15) is 0 Å². The van der Waals surface area contributed by atoms with E-state index in [0.29, 0.717) is 5.69 Å². The van der Waals surface area contributed by atoms with Crippen molar-refractivity contribution in [3.05, 3.63) is 41.0 Å². The lowest BCUT2D eigenvalue weighted by molar-refractivity contribution is 0.633. The Morgan fingerprint density at radius 3 is 2.80 bits per heavy atom. The quantitative estimate of drug-likeness (QED) is 0.763. The van der Waals surface area contributed by atoms with E-state index >= 15 is 0 Å². The average Bonchev–Trinajstić information content (AvgIpc) is 2.60. The van der Waals surface area contributed by atoms with Crippen molar-refractivity contribution in [2.75, 3.05) is 11.1 Å². The summed E-state index contributed by atoms with van der Waals surface area (Å²) in [6.07, 6.45) is 0. The van der Waals surface area contributed by atoms with Gasteiger partial charge in [-0.1, -0.05) is 6.07 Å². The van der Waals surface area contributed by atoms with Gasteiger partial charge in [-0.05, 0) is 36.1 Å². The molecular formula is C11H11FN2S. The largest absolute Gasteiger partial charge is 0.395 e. The SMILES string of the molecule is Cc1ccsc1Nc1cccc(F)c1N. The van der Waals surface area contributed by atoms with E-state index in [1.54, 1.807) is 23.5 Å². The monoisotopic (exact) mass is 222 g/mol. The van der Waals surface area contributed by atoms with E-state index in [2.05, 4.69) is 5.32 Å². The Morgan fingerprint density at radius 2 is 2.13 bits per heavy atom. The van der Waals surface area contributed by atoms with Crippen LogP contribution in [0.5, 0.6) is 0 Å². The topological polar surface area (TPSA) is 38.0 Å². The van der Waals surface area contributed by atoms with Gasteiger partial charge in [0.25, 0.3) is 0 Å². The molecule has 3 N–H and O–H groups in total. The molecule has 0 radical (unpaired) electrons. The number of benzene rings is 1. The molecule has 0 spiro atoms. The summed E-state index contributed by atoms with van der Waals surface area (Å²) in [6, 6.07) is 6.75. The molecule has 2 rings (SSSR count). The maximum atomic E-state index is 13.1. The van der Waals surface area contributed by atoms with Crippen LogP contribution in [0.25, 0.3) is 0 Å². The molecule has 0 fully saturated rings. The van der Waals surface area contributed by atoms with Crippen LogP contribution in [0.15, 0.2) is 29.6 Å². The van der Waals surface area contributed by atoms with Gasteiger partial charge in [-0.25, -0.2) is 4.39 Å². The van der Waals surface area contributed by atoms with E-state index in [1.165, 1.54) is 6.07 Å². The van der Waals surface area contributed by atoms with E-state index < -0.39 is 5.82 Å². The molecule has 15 heavy (non-hydrogen) atoms. The predicted molar refractivity (Wildman–Crippen MR) is 63.2 cm³/mol. The fraction of sp³-hybridized carbons (Fsp3) is 0.0909. The molecule has 78 valence electrons. The molecule has 0 aliphatic heterocycles. The number of halogens is 1. The van der Waals surface area contributed by atoms with Gasteiger partial charge < -0.3 is 11.1 Å². The van der Waals surface area contributed by atoms with Crippen LogP contribution in [0.2, 0.25) is 0 Å². The Hall–Kier alpha value is -1.55. The highest BCUT2D eigenvalue weighted by Crippen LogP contribution is 2.30. The highest BCUT2D eigenvalue weighted by atomic mass is 32.1. The van der Waals surface area contributed by atoms with Crippen molar-refractivity contribution in [3.63, 3.8) is 0 Å². The third kappa shape index (κ3) is 1.94. The van der Waals surface area contributed by atoms with Gasteiger partial charge in [0.1, 0.15) is 5.82 Å². The molecule has 0 bridgehead atoms. The number of nitrogens with one attached hydrogen (secondary N) is 1. The first-order valence-electron chi connectivity index (χ1n) is 4.53. The molecule has 0 aliphatic carbocycles. The maximum Gasteiger partial charge on any atom is 0.148 e. The lowest BCUT2D eigenvalue weighted by Gasteiger charge is -2.08. The molecule has 2 nitrogen and oxygen atoms in total. The molecule has 1 aromatic heterocycles. The van der Waals surface area contributed by atoms with Crippen LogP contribution in [-0.2, 0) is 0 Å². The van der Waals surface area contributed by atoms with Gasteiger partial charge in [0.15, 0.2) is 0 Å². The number of hydrogen-bond donors (Lipinski definition) is 2. The summed E-state index contributed by atoms with van der Waals surface area (Å²) >= 11 is 1.57. The van der Waals surface area contributed by atoms with E-state index in [4.69, 9.17) is 5.73 Å². The number of hydrogen-bond acceptors (Lipinski definition) is 3. The average molecular weight is 222 g/mol. The second-order valence-electron chi connectivity index (χ2n) is 3.26. The molecule has 1 aromatic carbocycles. The van der Waals surface area contributed by atoms with Crippen molar-refractivity contribution >= 4 is 27.7 Å². The van der Waals surface area contributed by atoms with E-state index in [0.717, 1.165) is 10.6 Å². The normalized spacial score (nSPS) is 10.3. The summed E-state index contributed by atoms with van der Waals surface area (Å²) in [6.45, 7) is 1.99. The van der Waals surface area contributed by atoms with E-state index in [1.807, 2.05) is 18.4 Å². The van der Waals surface area contributed by atoms with Crippen LogP contribution < -0.4 is 11.1 Å². The molecule has 1 heterocycles. The predicted octanol–water partition coefficient (Wildman–Crippen LogP) is 3.52. The van der Waals surface area contributed by atoms with Crippen molar-refractivity contribution in [1.29, 1.82) is 0 Å². The fourth-order valence-corrected chi connectivity index (χ4v) is 2.10. The molecular weight excluding hydrogens is 211 g/mol. The minimum Gasteiger partial charge on any atom is -0.395 e. The van der Waals surface area contributed by atoms with Crippen LogP contribution in [0.1, 0.15) is 5.56 Å². The van der Waals surface area contributed by atoms with Gasteiger partial charge in [0, 0.05) is 0 Å². The Kier molecular flexibility index (Phi) is 2.60. The first kappa shape index (κ1) is 9.98. The van der Waals surface area contributed by atoms with Crippen LogP contribution in [0.4, 0.5) is 20.8 Å². The van der Waals surface area contributed by atoms with Gasteiger partial charge in [-0.15, -0.1) is 11.3 Å². The fourth-order valence-electron chi connectivity index (χ4n) is 1.27. The molecule has 0 unspecified atom stereocenters. The molecule has 0 saturated carbocycles. The second-order valence-corrected chi connectivity index (χ2v) is 4.17. The molecule has 0 saturated heterocycles. The van der Waals surface area contributed by atoms with Crippen LogP contribution in [-0.4, -0.2) is 0 Å². The minimum absolute atomic E-state index is 0.158. The Morgan fingerprint density at radius 1 is 1.33 bits per heavy atom. The standard InChI is InChI=1S/C11H11FN2S/c1-7-5-6-15-11(7)14-9-4-2-3-8(12)10(9)13/h2-6,14H,13H2,1H3. The number of para-hydroxylation sites is 1. The lowest BCUT2D eigenvalue weighted by atomic mass is 10.2. The lowest BCUT2D eigenvalue weighted by Crippen LogP contribution is -1.98. The van der Waals surface area contributed by atoms with Gasteiger partial charge in [0.2, 0.25) is 0 Å². The zero-order chi connectivity index (χ0) is 10.8. The van der Waals surface area contributed by atoms with Gasteiger partial charge >= 0.3 is 0 Å². The highest BCUT2D eigenvalue weighted by Gasteiger charge is 2.06. The number of nitrogen functional groups attached to an aromatic ring is 1. The molecule has 2 aromatic rings. The maximum absolute atomic E-state index is 13.1. The second kappa shape index (κ2) is 3.90. The van der Waals surface area contributed by atoms with Crippen LogP contribution in [0.3, 0.4) is 0 Å². The summed E-state index contributed by atoms with van der Waals surface area (Å²) in [5, 5.41) is 6.09. The van der Waals surface area contributed by atoms with Crippen molar-refractivity contribution in [3.8, 4) is 0 Å². The van der Waals surface area contributed by atoms with E-state index in [-0.39, 0.29) is 5.69 Å². The van der Waals surface area contributed by atoms with Gasteiger partial charge in [-0.3, -0.25) is 0 Å². The zero-order valence-electron chi connectivity index (χ0n) is 8.25. The number of nitrogens with two attached hydrogens (primary N) is 1. The first-order chi connectivity index (χ1) is 7.18. The van der Waals surface area contributed by atoms with Crippen molar-refractivity contribution < 1.29 is 4.39 Å².